The van der Waals surface area contributed by atoms with Gasteiger partial charge in [0.25, 0.3) is 0 Å². The van der Waals surface area contributed by atoms with Gasteiger partial charge in [-0.15, -0.1) is 11.3 Å². The van der Waals surface area contributed by atoms with E-state index in [1.807, 2.05) is 11.3 Å². The van der Waals surface area contributed by atoms with Gasteiger partial charge in [-0.3, -0.25) is 0 Å². The number of nitrogens with zero attached hydrogens (tertiary/aromatic N) is 1. The molecule has 0 N–H and O–H groups in total. The Hall–Kier alpha value is -8.30. The van der Waals surface area contributed by atoms with Crippen molar-refractivity contribution in [2.75, 3.05) is 4.90 Å². The predicted octanol–water partition coefficient (Wildman–Crippen LogP) is 18.8. The highest BCUT2D eigenvalue weighted by atomic mass is 32.1. The summed E-state index contributed by atoms with van der Waals surface area (Å²) in [6, 6.07) is 89.7. The van der Waals surface area contributed by atoms with E-state index in [-0.39, 0.29) is 5.41 Å². The Labute approximate surface area is 408 Å². The molecule has 0 radical (unpaired) electrons. The van der Waals surface area contributed by atoms with E-state index in [9.17, 15) is 0 Å². The molecule has 1 aromatic heterocycles. The van der Waals surface area contributed by atoms with Crippen LogP contribution in [-0.2, 0) is 5.41 Å². The summed E-state index contributed by atoms with van der Waals surface area (Å²) in [5, 5.41) is 2.62. The number of hydrogen-bond donors (Lipinski definition) is 0. The van der Waals surface area contributed by atoms with Crippen LogP contribution in [-0.4, -0.2) is 0 Å². The van der Waals surface area contributed by atoms with Crippen molar-refractivity contribution >= 4 is 48.6 Å². The molecule has 0 saturated heterocycles. The van der Waals surface area contributed by atoms with Gasteiger partial charge in [-0.05, 0) is 134 Å². The molecule has 0 aliphatic heterocycles. The van der Waals surface area contributed by atoms with Crippen molar-refractivity contribution < 1.29 is 0 Å². The van der Waals surface area contributed by atoms with E-state index in [0.29, 0.717) is 0 Å². The lowest BCUT2D eigenvalue weighted by molar-refractivity contribution is 0.751. The molecule has 2 aliphatic carbocycles. The number of fused-ring (bicyclic) bond motifs is 6. The Balaban J connectivity index is 0.893. The van der Waals surface area contributed by atoms with Crippen molar-refractivity contribution in [1.29, 1.82) is 0 Å². The molecule has 0 fully saturated rings. The lowest BCUT2D eigenvalue weighted by Crippen LogP contribution is -2.29. The Morgan fingerprint density at radius 3 is 1.67 bits per heavy atom. The number of hydrogen-bond acceptors (Lipinski definition) is 2. The summed E-state index contributed by atoms with van der Waals surface area (Å²) in [6.07, 6.45) is 9.33. The van der Waals surface area contributed by atoms with Crippen LogP contribution in [0.2, 0.25) is 0 Å². The van der Waals surface area contributed by atoms with Crippen molar-refractivity contribution in [1.82, 2.24) is 0 Å². The number of rotatable bonds is 9. The van der Waals surface area contributed by atoms with Crippen LogP contribution in [0.1, 0.15) is 29.5 Å². The summed E-state index contributed by atoms with van der Waals surface area (Å²) < 4.78 is 2.61. The van der Waals surface area contributed by atoms with Crippen molar-refractivity contribution in [2.45, 2.75) is 18.3 Å². The lowest BCUT2D eigenvalue weighted by Gasteiger charge is -2.35. The van der Waals surface area contributed by atoms with Crippen LogP contribution in [0, 0.1) is 0 Å². The van der Waals surface area contributed by atoms with E-state index >= 15 is 0 Å². The molecule has 1 nitrogen and oxygen atoms in total. The van der Waals surface area contributed by atoms with E-state index in [0.717, 1.165) is 35.5 Å². The van der Waals surface area contributed by atoms with Gasteiger partial charge in [0.2, 0.25) is 0 Å². The van der Waals surface area contributed by atoms with Crippen LogP contribution < -0.4 is 4.90 Å². The van der Waals surface area contributed by atoms with Crippen LogP contribution >= 0.6 is 11.3 Å². The zero-order valence-corrected chi connectivity index (χ0v) is 38.9. The van der Waals surface area contributed by atoms with Gasteiger partial charge >= 0.3 is 0 Å². The minimum atomic E-state index is -0.360. The largest absolute Gasteiger partial charge is 0.310 e. The zero-order valence-electron chi connectivity index (χ0n) is 38.1. The molecular formula is C67H47NS. The molecule has 2 aliphatic rings. The Morgan fingerprint density at radius 2 is 0.928 bits per heavy atom. The molecule has 326 valence electrons. The Kier molecular flexibility index (Phi) is 10.1. The average Bonchev–Trinajstić information content (AvgIpc) is 3.95. The van der Waals surface area contributed by atoms with Gasteiger partial charge in [0.1, 0.15) is 0 Å². The van der Waals surface area contributed by atoms with Gasteiger partial charge in [-0.2, -0.15) is 0 Å². The van der Waals surface area contributed by atoms with Gasteiger partial charge in [0, 0.05) is 37.1 Å². The number of thiophene rings is 1. The fraction of sp³-hybridized carbons (Fsp3) is 0.0448. The second-order valence-corrected chi connectivity index (χ2v) is 19.4. The Bertz CT molecular complexity index is 3780. The van der Waals surface area contributed by atoms with E-state index in [1.165, 1.54) is 92.5 Å². The summed E-state index contributed by atoms with van der Waals surface area (Å²) in [4.78, 5) is 2.44. The molecular weight excluding hydrogens is 851 g/mol. The van der Waals surface area contributed by atoms with Crippen molar-refractivity contribution in [2.24, 2.45) is 0 Å². The SMILES string of the molecule is C1=CC(C2(c3ccccc3)c3ccccc3-c3cc(-c4ccc(-c5cccc(N(c6cccc(-c7ccccc7)c6)c6ccccc6-c6ccc7c(c6)sc6ccccc67)c5)cc4)ccc32)=CCC1. The number of benzene rings is 10. The number of para-hydroxylation sites is 1. The fourth-order valence-electron chi connectivity index (χ4n) is 11.2. The van der Waals surface area contributed by atoms with Gasteiger partial charge < -0.3 is 4.90 Å². The van der Waals surface area contributed by atoms with Gasteiger partial charge in [-0.25, -0.2) is 0 Å². The van der Waals surface area contributed by atoms with E-state index < -0.39 is 0 Å². The first-order valence-corrected chi connectivity index (χ1v) is 24.9. The topological polar surface area (TPSA) is 3.24 Å². The van der Waals surface area contributed by atoms with E-state index in [1.54, 1.807) is 0 Å². The summed E-state index contributed by atoms with van der Waals surface area (Å²) in [5.41, 5.74) is 20.5. The molecule has 2 heteroatoms. The van der Waals surface area contributed by atoms with Crippen LogP contribution in [0.25, 0.3) is 75.8 Å². The zero-order chi connectivity index (χ0) is 45.7. The van der Waals surface area contributed by atoms with Crippen LogP contribution in [0.15, 0.2) is 266 Å². The second kappa shape index (κ2) is 17.1. The third kappa shape index (κ3) is 6.98. The fourth-order valence-corrected chi connectivity index (χ4v) is 12.3. The van der Waals surface area contributed by atoms with E-state index in [4.69, 9.17) is 0 Å². The average molecular weight is 898 g/mol. The van der Waals surface area contributed by atoms with Crippen molar-refractivity contribution in [3.8, 4) is 55.6 Å². The lowest BCUT2D eigenvalue weighted by atomic mass is 9.66. The standard InChI is InChI=1S/C67H47NS/c1-4-18-46(19-5-1)49-20-16-26-55(42-49)68(64-32-14-11-28-57(64)52-38-40-60-59-30-12-15-33-65(59)69-66(60)45-52)56-27-17-21-50(43-56)47-34-36-48(37-35-47)51-39-41-63-61(44-51)58-29-10-13-31-62(58)67(63,53-22-6-2-7-23-53)54-24-8-3-9-25-54/h1-2,4-8,10-45H,3,9H2. The van der Waals surface area contributed by atoms with Gasteiger partial charge in [-0.1, -0.05) is 212 Å². The van der Waals surface area contributed by atoms with Crippen molar-refractivity contribution in [3.63, 3.8) is 0 Å². The molecule has 11 aromatic rings. The molecule has 0 spiro atoms. The summed E-state index contributed by atoms with van der Waals surface area (Å²) in [7, 11) is 0. The number of anilines is 3. The molecule has 0 amide bonds. The maximum absolute atomic E-state index is 2.47. The maximum Gasteiger partial charge on any atom is 0.0710 e. The highest BCUT2D eigenvalue weighted by Crippen LogP contribution is 2.57. The monoisotopic (exact) mass is 897 g/mol. The maximum atomic E-state index is 2.47. The van der Waals surface area contributed by atoms with Crippen molar-refractivity contribution in [3.05, 3.63) is 283 Å². The van der Waals surface area contributed by atoms with Crippen LogP contribution in [0.5, 0.6) is 0 Å². The second-order valence-electron chi connectivity index (χ2n) is 18.3. The summed E-state index contributed by atoms with van der Waals surface area (Å²) >= 11 is 1.86. The van der Waals surface area contributed by atoms with Gasteiger partial charge in [0.15, 0.2) is 0 Å². The molecule has 1 heterocycles. The van der Waals surface area contributed by atoms with Gasteiger partial charge in [0.05, 0.1) is 11.1 Å². The van der Waals surface area contributed by atoms with E-state index in [2.05, 4.69) is 266 Å². The number of allylic oxidation sites excluding steroid dienone is 4. The molecule has 1 atom stereocenters. The molecule has 10 aromatic carbocycles. The minimum Gasteiger partial charge on any atom is -0.310 e. The first-order chi connectivity index (χ1) is 34.2. The summed E-state index contributed by atoms with van der Waals surface area (Å²) in [5.74, 6) is 0. The first kappa shape index (κ1) is 40.9. The minimum absolute atomic E-state index is 0.360. The third-order valence-electron chi connectivity index (χ3n) is 14.4. The first-order valence-electron chi connectivity index (χ1n) is 24.0. The molecule has 0 saturated carbocycles. The highest BCUT2D eigenvalue weighted by Gasteiger charge is 2.46. The molecule has 1 unspecified atom stereocenters. The predicted molar refractivity (Wildman–Crippen MR) is 294 cm³/mol. The molecule has 13 rings (SSSR count). The Morgan fingerprint density at radius 1 is 0.362 bits per heavy atom. The summed E-state index contributed by atoms with van der Waals surface area (Å²) in [6.45, 7) is 0. The molecule has 69 heavy (non-hydrogen) atoms. The van der Waals surface area contributed by atoms with Crippen LogP contribution in [0.4, 0.5) is 17.1 Å². The molecule has 0 bridgehead atoms. The highest BCUT2D eigenvalue weighted by molar-refractivity contribution is 7.25. The normalized spacial score (nSPS) is 14.9. The quantitative estimate of drug-likeness (QED) is 0.140. The van der Waals surface area contributed by atoms with Crippen LogP contribution in [0.3, 0.4) is 0 Å². The smallest absolute Gasteiger partial charge is 0.0710 e. The third-order valence-corrected chi connectivity index (χ3v) is 15.5.